The van der Waals surface area contributed by atoms with Gasteiger partial charge in [0.05, 0.1) is 5.56 Å². The number of hydrogen-bond donors (Lipinski definition) is 0. The quantitative estimate of drug-likeness (QED) is 0.459. The number of ether oxygens (including phenoxy) is 1. The van der Waals surface area contributed by atoms with E-state index in [1.165, 1.54) is 18.2 Å². The summed E-state index contributed by atoms with van der Waals surface area (Å²) in [6.45, 7) is 1.75. The highest BCUT2D eigenvalue weighted by molar-refractivity contribution is 5.81. The lowest BCUT2D eigenvalue weighted by Gasteiger charge is -2.06. The van der Waals surface area contributed by atoms with Crippen molar-refractivity contribution in [3.05, 3.63) is 76.0 Å². The van der Waals surface area contributed by atoms with Gasteiger partial charge in [0.2, 0.25) is 5.82 Å². The zero-order chi connectivity index (χ0) is 20.6. The Balaban J connectivity index is 1.48. The van der Waals surface area contributed by atoms with E-state index in [-0.39, 0.29) is 18.3 Å². The van der Waals surface area contributed by atoms with Gasteiger partial charge in [0, 0.05) is 23.1 Å². The molecule has 0 radical (unpaired) electrons. The summed E-state index contributed by atoms with van der Waals surface area (Å²) in [5.41, 5.74) is 0.358. The molecule has 0 aliphatic heterocycles. The minimum atomic E-state index is -4.41. The number of halogens is 3. The molecule has 0 atom stereocenters. The molecular formula is C20H13F3N2O4. The van der Waals surface area contributed by atoms with Gasteiger partial charge in [0.15, 0.2) is 6.61 Å². The summed E-state index contributed by atoms with van der Waals surface area (Å²) in [5, 5.41) is 4.55. The lowest BCUT2D eigenvalue weighted by atomic mass is 10.1. The maximum atomic E-state index is 12.6. The van der Waals surface area contributed by atoms with Crippen molar-refractivity contribution in [2.24, 2.45) is 0 Å². The van der Waals surface area contributed by atoms with Crippen LogP contribution in [0.25, 0.3) is 22.4 Å². The molecule has 0 spiro atoms. The van der Waals surface area contributed by atoms with Crippen molar-refractivity contribution in [3.8, 4) is 17.1 Å². The van der Waals surface area contributed by atoms with Crippen LogP contribution in [0.3, 0.4) is 0 Å². The molecule has 0 saturated heterocycles. The molecule has 6 nitrogen and oxygen atoms in total. The molecule has 0 amide bonds. The average molecular weight is 402 g/mol. The molecule has 2 aromatic carbocycles. The minimum Gasteiger partial charge on any atom is -0.484 e. The highest BCUT2D eigenvalue weighted by Crippen LogP contribution is 2.30. The number of aryl methyl sites for hydroxylation is 1. The van der Waals surface area contributed by atoms with Gasteiger partial charge in [0.1, 0.15) is 11.3 Å². The SMILES string of the molecule is Cc1cc(=O)oc2cc(OCc3nc(-c4ccc(C(F)(F)F)cc4)no3)ccc12. The van der Waals surface area contributed by atoms with E-state index in [0.29, 0.717) is 16.9 Å². The van der Waals surface area contributed by atoms with Crippen molar-refractivity contribution in [1.29, 1.82) is 0 Å². The first-order valence-electron chi connectivity index (χ1n) is 8.47. The van der Waals surface area contributed by atoms with Crippen molar-refractivity contribution in [2.75, 3.05) is 0 Å². The molecule has 29 heavy (non-hydrogen) atoms. The molecule has 0 aliphatic rings. The van der Waals surface area contributed by atoms with Crippen LogP contribution in [0.5, 0.6) is 5.75 Å². The Bertz CT molecular complexity index is 1230. The fourth-order valence-corrected chi connectivity index (χ4v) is 2.78. The van der Waals surface area contributed by atoms with Crippen molar-refractivity contribution in [2.45, 2.75) is 19.7 Å². The molecule has 9 heteroatoms. The Kier molecular flexibility index (Phi) is 4.57. The number of alkyl halides is 3. The van der Waals surface area contributed by atoms with Crippen LogP contribution in [0.15, 0.2) is 62.3 Å². The first-order valence-corrected chi connectivity index (χ1v) is 8.47. The van der Waals surface area contributed by atoms with Crippen molar-refractivity contribution in [3.63, 3.8) is 0 Å². The van der Waals surface area contributed by atoms with Gasteiger partial charge in [-0.15, -0.1) is 0 Å². The molecule has 4 aromatic rings. The van der Waals surface area contributed by atoms with Crippen molar-refractivity contribution < 1.29 is 26.8 Å². The number of rotatable bonds is 4. The Morgan fingerprint density at radius 1 is 1.07 bits per heavy atom. The zero-order valence-corrected chi connectivity index (χ0v) is 15.0. The molecule has 4 rings (SSSR count). The lowest BCUT2D eigenvalue weighted by Crippen LogP contribution is -2.04. The van der Waals surface area contributed by atoms with Crippen LogP contribution in [0.4, 0.5) is 13.2 Å². The molecule has 0 bridgehead atoms. The van der Waals surface area contributed by atoms with E-state index in [9.17, 15) is 18.0 Å². The van der Waals surface area contributed by atoms with E-state index in [0.717, 1.165) is 23.1 Å². The predicted molar refractivity (Wildman–Crippen MR) is 96.3 cm³/mol. The molecule has 0 fully saturated rings. The number of nitrogens with zero attached hydrogens (tertiary/aromatic N) is 2. The number of hydrogen-bond acceptors (Lipinski definition) is 6. The monoisotopic (exact) mass is 402 g/mol. The van der Waals surface area contributed by atoms with Gasteiger partial charge in [-0.05, 0) is 36.8 Å². The molecule has 0 saturated carbocycles. The molecule has 0 unspecified atom stereocenters. The lowest BCUT2D eigenvalue weighted by molar-refractivity contribution is -0.137. The second kappa shape index (κ2) is 7.08. The van der Waals surface area contributed by atoms with Crippen molar-refractivity contribution >= 4 is 11.0 Å². The Morgan fingerprint density at radius 2 is 1.83 bits per heavy atom. The molecule has 2 heterocycles. The van der Waals surface area contributed by atoms with Crippen LogP contribution in [0, 0.1) is 6.92 Å². The maximum absolute atomic E-state index is 12.6. The highest BCUT2D eigenvalue weighted by Gasteiger charge is 2.30. The van der Waals surface area contributed by atoms with Gasteiger partial charge in [0.25, 0.3) is 5.89 Å². The number of fused-ring (bicyclic) bond motifs is 1. The topological polar surface area (TPSA) is 78.4 Å². The van der Waals surface area contributed by atoms with E-state index in [2.05, 4.69) is 10.1 Å². The molecule has 0 N–H and O–H groups in total. The second-order valence-corrected chi connectivity index (χ2v) is 6.28. The first kappa shape index (κ1) is 18.7. The highest BCUT2D eigenvalue weighted by atomic mass is 19.4. The van der Waals surface area contributed by atoms with Gasteiger partial charge in [-0.3, -0.25) is 0 Å². The number of benzene rings is 2. The van der Waals surface area contributed by atoms with Crippen LogP contribution < -0.4 is 10.4 Å². The Morgan fingerprint density at radius 3 is 2.55 bits per heavy atom. The molecule has 2 aromatic heterocycles. The van der Waals surface area contributed by atoms with E-state index in [4.69, 9.17) is 13.7 Å². The summed E-state index contributed by atoms with van der Waals surface area (Å²) >= 11 is 0. The van der Waals surface area contributed by atoms with Crippen LogP contribution in [0.1, 0.15) is 17.0 Å². The molecule has 148 valence electrons. The third-order valence-corrected chi connectivity index (χ3v) is 4.22. The van der Waals surface area contributed by atoms with Crippen LogP contribution in [-0.4, -0.2) is 10.1 Å². The van der Waals surface area contributed by atoms with Crippen LogP contribution >= 0.6 is 0 Å². The molecule has 0 aliphatic carbocycles. The summed E-state index contributed by atoms with van der Waals surface area (Å²) in [6.07, 6.45) is -4.41. The summed E-state index contributed by atoms with van der Waals surface area (Å²) < 4.78 is 53.7. The fourth-order valence-electron chi connectivity index (χ4n) is 2.78. The van der Waals surface area contributed by atoms with E-state index in [1.54, 1.807) is 25.1 Å². The van der Waals surface area contributed by atoms with Crippen LogP contribution in [0.2, 0.25) is 0 Å². The Hall–Kier alpha value is -3.62. The van der Waals surface area contributed by atoms with Gasteiger partial charge in [-0.1, -0.05) is 17.3 Å². The summed E-state index contributed by atoms with van der Waals surface area (Å²) in [6, 6.07) is 10.9. The minimum absolute atomic E-state index is 0.0603. The smallest absolute Gasteiger partial charge is 0.416 e. The normalized spacial score (nSPS) is 11.7. The third kappa shape index (κ3) is 3.98. The van der Waals surface area contributed by atoms with E-state index < -0.39 is 17.4 Å². The summed E-state index contributed by atoms with van der Waals surface area (Å²) in [7, 11) is 0. The summed E-state index contributed by atoms with van der Waals surface area (Å²) in [5.74, 6) is 0.726. The van der Waals surface area contributed by atoms with Gasteiger partial charge < -0.3 is 13.7 Å². The second-order valence-electron chi connectivity index (χ2n) is 6.28. The first-order chi connectivity index (χ1) is 13.8. The average Bonchev–Trinajstić information content (AvgIpc) is 3.14. The number of aromatic nitrogens is 2. The van der Waals surface area contributed by atoms with Gasteiger partial charge in [-0.25, -0.2) is 4.79 Å². The predicted octanol–water partition coefficient (Wildman–Crippen LogP) is 4.75. The van der Waals surface area contributed by atoms with E-state index >= 15 is 0 Å². The molecular weight excluding hydrogens is 389 g/mol. The maximum Gasteiger partial charge on any atom is 0.416 e. The fraction of sp³-hybridized carbons (Fsp3) is 0.150. The van der Waals surface area contributed by atoms with Gasteiger partial charge in [-0.2, -0.15) is 18.2 Å². The van der Waals surface area contributed by atoms with Crippen LogP contribution in [-0.2, 0) is 12.8 Å². The largest absolute Gasteiger partial charge is 0.484 e. The third-order valence-electron chi connectivity index (χ3n) is 4.22. The standard InChI is InChI=1S/C20H13F3N2O4/c1-11-8-18(26)28-16-9-14(6-7-15(11)16)27-10-17-24-19(25-29-17)12-2-4-13(5-3-12)20(21,22)23/h2-9H,10H2,1H3. The van der Waals surface area contributed by atoms with Gasteiger partial charge >= 0.3 is 11.8 Å². The van der Waals surface area contributed by atoms with E-state index in [1.807, 2.05) is 0 Å². The zero-order valence-electron chi connectivity index (χ0n) is 15.0. The summed E-state index contributed by atoms with van der Waals surface area (Å²) in [4.78, 5) is 15.6. The van der Waals surface area contributed by atoms with Crippen molar-refractivity contribution in [1.82, 2.24) is 10.1 Å². The Labute approximate surface area is 161 Å².